The third-order valence-electron chi connectivity index (χ3n) is 4.52. The second-order valence-electron chi connectivity index (χ2n) is 6.60. The molecule has 0 aliphatic carbocycles. The summed E-state index contributed by atoms with van der Waals surface area (Å²) in [4.78, 5) is 0. The summed E-state index contributed by atoms with van der Waals surface area (Å²) in [5.74, 6) is 13.2. The Morgan fingerprint density at radius 3 is 1.17 bits per heavy atom. The Bertz CT molecular complexity index is 1190. The van der Waals surface area contributed by atoms with Gasteiger partial charge in [0, 0.05) is 31.2 Å². The van der Waals surface area contributed by atoms with E-state index in [0.717, 1.165) is 42.3 Å². The first-order chi connectivity index (χ1) is 14.7. The molecule has 142 valence electrons. The molecule has 0 unspecified atom stereocenters. The van der Waals surface area contributed by atoms with Crippen molar-refractivity contribution in [1.82, 2.24) is 0 Å². The second kappa shape index (κ2) is 9.64. The Hall–Kier alpha value is -3.04. The van der Waals surface area contributed by atoms with Crippen LogP contribution in [-0.4, -0.2) is 0 Å². The normalized spacial score (nSPS) is 9.80. The van der Waals surface area contributed by atoms with Crippen LogP contribution in [-0.2, 0) is 0 Å². The minimum atomic E-state index is 0.983. The maximum absolute atomic E-state index is 3.46. The van der Waals surface area contributed by atoms with Crippen LogP contribution in [0.4, 0.5) is 0 Å². The molecule has 0 fully saturated rings. The van der Waals surface area contributed by atoms with Crippen LogP contribution in [0.5, 0.6) is 0 Å². The number of benzene rings is 4. The smallest absolute Gasteiger partial charge is 0.0327 e. The molecule has 0 aliphatic heterocycles. The molecule has 4 aromatic carbocycles. The van der Waals surface area contributed by atoms with E-state index in [9.17, 15) is 0 Å². The van der Waals surface area contributed by atoms with Crippen LogP contribution in [0, 0.1) is 23.7 Å². The maximum Gasteiger partial charge on any atom is 0.0327 e. The largest absolute Gasteiger partial charge is 0.0616 e. The molecule has 30 heavy (non-hydrogen) atoms. The van der Waals surface area contributed by atoms with E-state index in [-0.39, 0.29) is 0 Å². The lowest BCUT2D eigenvalue weighted by Crippen LogP contribution is -1.88. The van der Waals surface area contributed by atoms with E-state index >= 15 is 0 Å². The highest BCUT2D eigenvalue weighted by Crippen LogP contribution is 2.26. The van der Waals surface area contributed by atoms with Crippen LogP contribution in [0.25, 0.3) is 11.1 Å². The van der Waals surface area contributed by atoms with E-state index in [2.05, 4.69) is 79.8 Å². The summed E-state index contributed by atoms with van der Waals surface area (Å²) in [6.07, 6.45) is 0. The third kappa shape index (κ3) is 5.11. The molecule has 0 atom stereocenters. The Morgan fingerprint density at radius 1 is 0.400 bits per heavy atom. The molecular weight excluding hydrogens is 496 g/mol. The van der Waals surface area contributed by atoms with Gasteiger partial charge < -0.3 is 0 Å². The van der Waals surface area contributed by atoms with Crippen LogP contribution in [0.3, 0.4) is 0 Å². The lowest BCUT2D eigenvalue weighted by Gasteiger charge is -2.07. The van der Waals surface area contributed by atoms with Crippen molar-refractivity contribution in [2.75, 3.05) is 0 Å². The van der Waals surface area contributed by atoms with Gasteiger partial charge in [-0.25, -0.2) is 0 Å². The number of halogens is 2. The van der Waals surface area contributed by atoms with Crippen molar-refractivity contribution >= 4 is 31.9 Å². The minimum Gasteiger partial charge on any atom is -0.0616 e. The van der Waals surface area contributed by atoms with E-state index in [1.54, 1.807) is 0 Å². The van der Waals surface area contributed by atoms with Gasteiger partial charge in [0.15, 0.2) is 0 Å². The highest BCUT2D eigenvalue weighted by atomic mass is 79.9. The Balaban J connectivity index is 1.73. The maximum atomic E-state index is 3.46. The summed E-state index contributed by atoms with van der Waals surface area (Å²) in [6, 6.07) is 32.5. The summed E-state index contributed by atoms with van der Waals surface area (Å²) < 4.78 is 2.10. The van der Waals surface area contributed by atoms with Gasteiger partial charge in [-0.05, 0) is 71.8 Å². The van der Waals surface area contributed by atoms with Crippen molar-refractivity contribution in [3.8, 4) is 34.8 Å². The van der Waals surface area contributed by atoms with Crippen molar-refractivity contribution in [3.05, 3.63) is 128 Å². The average Bonchev–Trinajstić information content (AvgIpc) is 2.79. The Labute approximate surface area is 194 Å². The molecule has 2 heteroatoms. The highest BCUT2D eigenvalue weighted by molar-refractivity contribution is 9.10. The van der Waals surface area contributed by atoms with Crippen molar-refractivity contribution in [2.45, 2.75) is 0 Å². The average molecular weight is 512 g/mol. The van der Waals surface area contributed by atoms with Gasteiger partial charge in [0.1, 0.15) is 0 Å². The number of hydrogen-bond donors (Lipinski definition) is 0. The highest BCUT2D eigenvalue weighted by Gasteiger charge is 2.06. The molecule has 0 aromatic heterocycles. The third-order valence-corrected chi connectivity index (χ3v) is 5.57. The molecule has 0 heterocycles. The molecule has 0 radical (unpaired) electrons. The standard InChI is InChI=1S/C28H16Br2/c29-25-17-11-21(12-18-25)9-15-23-5-1-3-7-27(23)28-8-4-2-6-24(28)16-10-22-13-19-26(30)20-14-22/h1-8,11-14,17-20H. The van der Waals surface area contributed by atoms with Crippen LogP contribution < -0.4 is 0 Å². The van der Waals surface area contributed by atoms with Gasteiger partial charge in [0.05, 0.1) is 0 Å². The summed E-state index contributed by atoms with van der Waals surface area (Å²) in [7, 11) is 0. The lowest BCUT2D eigenvalue weighted by atomic mass is 9.95. The molecule has 0 aliphatic rings. The van der Waals surface area contributed by atoms with Gasteiger partial charge in [-0.15, -0.1) is 0 Å². The van der Waals surface area contributed by atoms with Gasteiger partial charge >= 0.3 is 0 Å². The van der Waals surface area contributed by atoms with Crippen LogP contribution >= 0.6 is 31.9 Å². The predicted molar refractivity (Wildman–Crippen MR) is 132 cm³/mol. The van der Waals surface area contributed by atoms with E-state index in [1.165, 1.54) is 0 Å². The van der Waals surface area contributed by atoms with Gasteiger partial charge in [-0.3, -0.25) is 0 Å². The summed E-state index contributed by atoms with van der Waals surface area (Å²) in [5, 5.41) is 0. The zero-order chi connectivity index (χ0) is 20.8. The summed E-state index contributed by atoms with van der Waals surface area (Å²) in [6.45, 7) is 0. The fourth-order valence-corrected chi connectivity index (χ4v) is 3.53. The first-order valence-electron chi connectivity index (χ1n) is 9.43. The first-order valence-corrected chi connectivity index (χ1v) is 11.0. The Morgan fingerprint density at radius 2 is 0.767 bits per heavy atom. The van der Waals surface area contributed by atoms with Crippen LogP contribution in [0.1, 0.15) is 22.3 Å². The van der Waals surface area contributed by atoms with Crippen molar-refractivity contribution < 1.29 is 0 Å². The molecule has 0 N–H and O–H groups in total. The monoisotopic (exact) mass is 510 g/mol. The van der Waals surface area contributed by atoms with Gasteiger partial charge in [-0.1, -0.05) is 91.9 Å². The molecule has 4 aromatic rings. The summed E-state index contributed by atoms with van der Waals surface area (Å²) in [5.41, 5.74) is 6.11. The summed E-state index contributed by atoms with van der Waals surface area (Å²) >= 11 is 6.93. The zero-order valence-corrected chi connectivity index (χ0v) is 19.2. The second-order valence-corrected chi connectivity index (χ2v) is 8.44. The molecule has 0 amide bonds. The molecule has 0 nitrogen and oxygen atoms in total. The number of hydrogen-bond acceptors (Lipinski definition) is 0. The van der Waals surface area contributed by atoms with E-state index in [1.807, 2.05) is 72.8 Å². The van der Waals surface area contributed by atoms with Crippen LogP contribution in [0.15, 0.2) is 106 Å². The molecule has 0 saturated heterocycles. The topological polar surface area (TPSA) is 0 Å². The molecule has 0 bridgehead atoms. The van der Waals surface area contributed by atoms with Crippen molar-refractivity contribution in [3.63, 3.8) is 0 Å². The molecular formula is C28H16Br2. The zero-order valence-electron chi connectivity index (χ0n) is 16.0. The van der Waals surface area contributed by atoms with Gasteiger partial charge in [-0.2, -0.15) is 0 Å². The molecule has 0 saturated carbocycles. The lowest BCUT2D eigenvalue weighted by molar-refractivity contribution is 1.55. The van der Waals surface area contributed by atoms with Gasteiger partial charge in [0.2, 0.25) is 0 Å². The fourth-order valence-electron chi connectivity index (χ4n) is 3.00. The van der Waals surface area contributed by atoms with E-state index in [0.29, 0.717) is 0 Å². The number of rotatable bonds is 1. The fraction of sp³-hybridized carbons (Fsp3) is 0. The van der Waals surface area contributed by atoms with Crippen molar-refractivity contribution in [1.29, 1.82) is 0 Å². The SMILES string of the molecule is Brc1ccc(C#Cc2ccccc2-c2ccccc2C#Cc2ccc(Br)cc2)cc1. The molecule has 4 rings (SSSR count). The van der Waals surface area contributed by atoms with Crippen molar-refractivity contribution in [2.24, 2.45) is 0 Å². The quantitative estimate of drug-likeness (QED) is 0.230. The predicted octanol–water partition coefficient (Wildman–Crippen LogP) is 7.68. The van der Waals surface area contributed by atoms with E-state index < -0.39 is 0 Å². The minimum absolute atomic E-state index is 0.983. The van der Waals surface area contributed by atoms with E-state index in [4.69, 9.17) is 0 Å². The first kappa shape index (κ1) is 20.2. The molecule has 0 spiro atoms. The van der Waals surface area contributed by atoms with Crippen LogP contribution in [0.2, 0.25) is 0 Å². The Kier molecular flexibility index (Phi) is 6.50. The van der Waals surface area contributed by atoms with Gasteiger partial charge in [0.25, 0.3) is 0 Å².